The third-order valence-electron chi connectivity index (χ3n) is 4.16. The first-order valence-electron chi connectivity index (χ1n) is 7.80. The zero-order valence-electron chi connectivity index (χ0n) is 14.3. The molecule has 5 amide bonds. The molecule has 1 aromatic rings. The molecule has 0 bridgehead atoms. The quantitative estimate of drug-likeness (QED) is 0.651. The molecule has 1 atom stereocenters. The summed E-state index contributed by atoms with van der Waals surface area (Å²) >= 11 is 0. The number of nitrogens with zero attached hydrogens (tertiary/aromatic N) is 2. The zero-order valence-corrected chi connectivity index (χ0v) is 14.3. The lowest BCUT2D eigenvalue weighted by Gasteiger charge is -2.18. The molecule has 1 fully saturated rings. The van der Waals surface area contributed by atoms with E-state index in [0.29, 0.717) is 4.90 Å². The van der Waals surface area contributed by atoms with E-state index in [9.17, 15) is 19.2 Å². The second-order valence-corrected chi connectivity index (χ2v) is 5.86. The summed E-state index contributed by atoms with van der Waals surface area (Å²) in [6, 6.07) is 4.85. The van der Waals surface area contributed by atoms with Crippen LogP contribution < -0.4 is 5.32 Å². The van der Waals surface area contributed by atoms with Gasteiger partial charge in [0.05, 0.1) is 6.04 Å². The van der Waals surface area contributed by atoms with Crippen molar-refractivity contribution in [1.82, 2.24) is 15.1 Å². The maximum absolute atomic E-state index is 12.1. The molecule has 0 unspecified atom stereocenters. The maximum Gasteiger partial charge on any atom is 0.334 e. The number of hydrogen-bond acceptors (Lipinski definition) is 4. The zero-order chi connectivity index (χ0) is 18.0. The molecule has 1 aliphatic heterocycles. The second kappa shape index (κ2) is 6.82. The van der Waals surface area contributed by atoms with Crippen LogP contribution in [0.1, 0.15) is 36.6 Å². The first-order valence-corrected chi connectivity index (χ1v) is 7.80. The fourth-order valence-electron chi connectivity index (χ4n) is 2.52. The van der Waals surface area contributed by atoms with Gasteiger partial charge in [-0.1, -0.05) is 18.2 Å². The summed E-state index contributed by atoms with van der Waals surface area (Å²) in [5.74, 6) is -2.35. The van der Waals surface area contributed by atoms with Crippen LogP contribution in [0.2, 0.25) is 0 Å². The molecule has 0 spiro atoms. The molecule has 0 radical (unpaired) electrons. The maximum atomic E-state index is 12.1. The molecule has 1 aliphatic rings. The van der Waals surface area contributed by atoms with Gasteiger partial charge in [0.1, 0.15) is 6.54 Å². The number of benzene rings is 1. The number of carbonyl (C=O) groups excluding carboxylic acids is 4. The third-order valence-corrected chi connectivity index (χ3v) is 4.16. The Morgan fingerprint density at radius 1 is 1.08 bits per heavy atom. The number of imide groups is 2. The average Bonchev–Trinajstić information content (AvgIpc) is 2.73. The molecular formula is C17H21N3O4. The van der Waals surface area contributed by atoms with E-state index < -0.39 is 30.3 Å². The fourth-order valence-corrected chi connectivity index (χ4v) is 2.52. The highest BCUT2D eigenvalue weighted by atomic mass is 16.2. The first kappa shape index (κ1) is 17.7. The molecular weight excluding hydrogens is 310 g/mol. The molecule has 7 nitrogen and oxygen atoms in total. The second-order valence-electron chi connectivity index (χ2n) is 5.86. The van der Waals surface area contributed by atoms with Crippen molar-refractivity contribution < 1.29 is 19.2 Å². The Kier molecular flexibility index (Phi) is 5.02. The number of amides is 5. The Morgan fingerprint density at radius 2 is 1.71 bits per heavy atom. The number of likely N-dealkylation sites (N-methyl/N-ethyl adjacent to an activating group) is 1. The van der Waals surface area contributed by atoms with E-state index in [1.54, 1.807) is 6.92 Å². The predicted octanol–water partition coefficient (Wildman–Crippen LogP) is 1.29. The van der Waals surface area contributed by atoms with E-state index in [2.05, 4.69) is 5.32 Å². The normalized spacial score (nSPS) is 15.9. The van der Waals surface area contributed by atoms with Gasteiger partial charge in [0, 0.05) is 6.54 Å². The fraction of sp³-hybridized carbons (Fsp3) is 0.412. The van der Waals surface area contributed by atoms with E-state index in [4.69, 9.17) is 0 Å². The monoisotopic (exact) mass is 331 g/mol. The summed E-state index contributed by atoms with van der Waals surface area (Å²) in [4.78, 5) is 49.0. The Hall–Kier alpha value is -2.70. The summed E-state index contributed by atoms with van der Waals surface area (Å²) in [5.41, 5.74) is 3.20. The van der Waals surface area contributed by atoms with Crippen molar-refractivity contribution in [2.45, 2.75) is 33.7 Å². The van der Waals surface area contributed by atoms with Gasteiger partial charge >= 0.3 is 17.8 Å². The summed E-state index contributed by atoms with van der Waals surface area (Å²) < 4.78 is 0. The molecule has 1 heterocycles. The lowest BCUT2D eigenvalue weighted by Crippen LogP contribution is -2.42. The topological polar surface area (TPSA) is 86.8 Å². The van der Waals surface area contributed by atoms with Gasteiger partial charge in [-0.25, -0.2) is 9.69 Å². The van der Waals surface area contributed by atoms with E-state index in [1.807, 2.05) is 39.0 Å². The summed E-state index contributed by atoms with van der Waals surface area (Å²) in [5, 5.41) is 2.74. The van der Waals surface area contributed by atoms with Crippen LogP contribution in [0.4, 0.5) is 4.79 Å². The summed E-state index contributed by atoms with van der Waals surface area (Å²) in [6.45, 7) is 7.03. The molecule has 128 valence electrons. The lowest BCUT2D eigenvalue weighted by molar-refractivity contribution is -0.144. The Bertz CT molecular complexity index is 714. The van der Waals surface area contributed by atoms with Gasteiger partial charge in [0.2, 0.25) is 5.91 Å². The highest BCUT2D eigenvalue weighted by Crippen LogP contribution is 2.17. The van der Waals surface area contributed by atoms with Crippen LogP contribution in [-0.4, -0.2) is 46.6 Å². The SMILES string of the molecule is CCN1C(=O)C(=O)N(CC(=O)N[C@@H](C)c2ccc(C)c(C)c2)C1=O. The first-order chi connectivity index (χ1) is 11.3. The average molecular weight is 331 g/mol. The van der Waals surface area contributed by atoms with Crippen molar-refractivity contribution in [3.63, 3.8) is 0 Å². The predicted molar refractivity (Wildman–Crippen MR) is 87.0 cm³/mol. The third kappa shape index (κ3) is 3.29. The standard InChI is InChI=1S/C17H21N3O4/c1-5-19-15(22)16(23)20(17(19)24)9-14(21)18-12(4)13-7-6-10(2)11(3)8-13/h6-8,12H,5,9H2,1-4H3,(H,18,21)/t12-/m0/s1. The summed E-state index contributed by atoms with van der Waals surface area (Å²) in [7, 11) is 0. The number of rotatable bonds is 5. The van der Waals surface area contributed by atoms with Crippen molar-refractivity contribution in [3.8, 4) is 0 Å². The minimum atomic E-state index is -0.962. The molecule has 24 heavy (non-hydrogen) atoms. The Morgan fingerprint density at radius 3 is 2.25 bits per heavy atom. The number of hydrogen-bond donors (Lipinski definition) is 1. The van der Waals surface area contributed by atoms with Crippen molar-refractivity contribution in [1.29, 1.82) is 0 Å². The van der Waals surface area contributed by atoms with Crippen molar-refractivity contribution in [3.05, 3.63) is 34.9 Å². The van der Waals surface area contributed by atoms with Gasteiger partial charge in [-0.2, -0.15) is 0 Å². The minimum Gasteiger partial charge on any atom is -0.348 e. The Balaban J connectivity index is 2.02. The molecule has 2 rings (SSSR count). The largest absolute Gasteiger partial charge is 0.348 e. The van der Waals surface area contributed by atoms with Crippen LogP contribution in [0.3, 0.4) is 0 Å². The van der Waals surface area contributed by atoms with Gasteiger partial charge in [-0.3, -0.25) is 19.3 Å². The lowest BCUT2D eigenvalue weighted by atomic mass is 10.0. The van der Waals surface area contributed by atoms with Crippen molar-refractivity contribution in [2.24, 2.45) is 0 Å². The van der Waals surface area contributed by atoms with Crippen LogP contribution in [0.25, 0.3) is 0 Å². The molecule has 7 heteroatoms. The number of carbonyl (C=O) groups is 4. The van der Waals surface area contributed by atoms with Gasteiger partial charge in [-0.05, 0) is 44.4 Å². The number of nitrogens with one attached hydrogen (secondary N) is 1. The van der Waals surface area contributed by atoms with Crippen LogP contribution in [0.15, 0.2) is 18.2 Å². The molecule has 1 N–H and O–H groups in total. The van der Waals surface area contributed by atoms with Crippen molar-refractivity contribution in [2.75, 3.05) is 13.1 Å². The molecule has 1 aromatic carbocycles. The van der Waals surface area contributed by atoms with Crippen LogP contribution in [0.5, 0.6) is 0 Å². The van der Waals surface area contributed by atoms with E-state index >= 15 is 0 Å². The van der Waals surface area contributed by atoms with E-state index in [0.717, 1.165) is 21.6 Å². The molecule has 0 saturated carbocycles. The number of aryl methyl sites for hydroxylation is 2. The van der Waals surface area contributed by atoms with Crippen molar-refractivity contribution >= 4 is 23.8 Å². The summed E-state index contributed by atoms with van der Waals surface area (Å²) in [6.07, 6.45) is 0. The van der Waals surface area contributed by atoms with Gasteiger partial charge in [-0.15, -0.1) is 0 Å². The van der Waals surface area contributed by atoms with E-state index in [1.165, 1.54) is 0 Å². The van der Waals surface area contributed by atoms with Crippen LogP contribution >= 0.6 is 0 Å². The minimum absolute atomic E-state index is 0.0978. The van der Waals surface area contributed by atoms with Crippen LogP contribution in [-0.2, 0) is 14.4 Å². The highest BCUT2D eigenvalue weighted by molar-refractivity contribution is 6.45. The highest BCUT2D eigenvalue weighted by Gasteiger charge is 2.44. The molecule has 1 saturated heterocycles. The van der Waals surface area contributed by atoms with E-state index in [-0.39, 0.29) is 12.6 Å². The van der Waals surface area contributed by atoms with Gasteiger partial charge in [0.25, 0.3) is 0 Å². The van der Waals surface area contributed by atoms with Crippen LogP contribution in [0, 0.1) is 13.8 Å². The smallest absolute Gasteiger partial charge is 0.334 e. The Labute approximate surface area is 140 Å². The number of urea groups is 1. The van der Waals surface area contributed by atoms with Gasteiger partial charge in [0.15, 0.2) is 0 Å². The molecule has 0 aromatic heterocycles. The van der Waals surface area contributed by atoms with Gasteiger partial charge < -0.3 is 5.32 Å². The molecule has 0 aliphatic carbocycles.